The van der Waals surface area contributed by atoms with Crippen LogP contribution in [0.3, 0.4) is 0 Å². The molecule has 0 heterocycles. The number of carbonyl (C=O) groups excluding carboxylic acids is 2. The molecule has 0 aliphatic carbocycles. The highest BCUT2D eigenvalue weighted by Gasteiger charge is 2.20. The van der Waals surface area contributed by atoms with E-state index in [2.05, 4.69) is 36.4 Å². The molecule has 6 nitrogen and oxygen atoms in total. The molecule has 0 saturated heterocycles. The number of hydrogen-bond donors (Lipinski definition) is 0. The summed E-state index contributed by atoms with van der Waals surface area (Å²) in [5.41, 5.74) is 7.41. The van der Waals surface area contributed by atoms with E-state index in [9.17, 15) is 9.59 Å². The second-order valence-electron chi connectivity index (χ2n) is 16.0. The van der Waals surface area contributed by atoms with E-state index in [-0.39, 0.29) is 11.6 Å². The number of hydrogen-bond acceptors (Lipinski definition) is 6. The molecular weight excluding hydrogens is 817 g/mol. The molecule has 10 rings (SSSR count). The van der Waals surface area contributed by atoms with E-state index in [0.717, 1.165) is 55.1 Å². The van der Waals surface area contributed by atoms with Crippen molar-refractivity contribution < 1.29 is 28.5 Å². The zero-order chi connectivity index (χ0) is 45.0. The van der Waals surface area contributed by atoms with E-state index in [4.69, 9.17) is 18.9 Å². The molecule has 0 amide bonds. The van der Waals surface area contributed by atoms with E-state index in [0.29, 0.717) is 56.8 Å². The molecule has 0 aromatic heterocycles. The molecule has 0 fully saturated rings. The molecule has 0 unspecified atom stereocenters. The average molecular weight is 859 g/mol. The Morgan fingerprint density at radius 1 is 0.333 bits per heavy atom. The summed E-state index contributed by atoms with van der Waals surface area (Å²) in [6, 6.07) is 69.5. The maximum atomic E-state index is 13.6. The van der Waals surface area contributed by atoms with Crippen molar-refractivity contribution in [1.29, 1.82) is 0 Å². The van der Waals surface area contributed by atoms with Crippen LogP contribution in [0.25, 0.3) is 43.8 Å². The van der Waals surface area contributed by atoms with E-state index in [1.54, 1.807) is 55.6 Å². The third-order valence-corrected chi connectivity index (χ3v) is 11.7. The van der Waals surface area contributed by atoms with Crippen molar-refractivity contribution in [1.82, 2.24) is 0 Å². The van der Waals surface area contributed by atoms with Gasteiger partial charge in [0.25, 0.3) is 0 Å². The summed E-state index contributed by atoms with van der Waals surface area (Å²) in [5, 5.41) is 4.30. The molecule has 0 aliphatic heterocycles. The minimum absolute atomic E-state index is 0.0226. The number of fused-ring (bicyclic) bond motifs is 2. The van der Waals surface area contributed by atoms with Crippen LogP contribution in [0.4, 0.5) is 0 Å². The summed E-state index contributed by atoms with van der Waals surface area (Å²) in [6.45, 7) is 2.00. The smallest absolute Gasteiger partial charge is 0.193 e. The number of benzene rings is 10. The molecule has 0 N–H and O–H groups in total. The molecule has 0 bridgehead atoms. The van der Waals surface area contributed by atoms with Crippen LogP contribution in [0.1, 0.15) is 37.4 Å². The summed E-state index contributed by atoms with van der Waals surface area (Å²) in [5.74, 6) is 4.54. The van der Waals surface area contributed by atoms with Crippen LogP contribution in [-0.2, 0) is 0 Å². The van der Waals surface area contributed by atoms with Gasteiger partial charge in [0.15, 0.2) is 11.6 Å². The van der Waals surface area contributed by atoms with Gasteiger partial charge < -0.3 is 18.9 Å². The molecule has 10 aromatic rings. The van der Waals surface area contributed by atoms with Crippen molar-refractivity contribution in [3.8, 4) is 62.5 Å². The van der Waals surface area contributed by atoms with Crippen LogP contribution in [0.5, 0.6) is 40.2 Å². The van der Waals surface area contributed by atoms with Crippen molar-refractivity contribution in [2.24, 2.45) is 0 Å². The minimum Gasteiger partial charge on any atom is -0.496 e. The third kappa shape index (κ3) is 8.64. The normalized spacial score (nSPS) is 11.0. The Morgan fingerprint density at radius 2 is 0.667 bits per heavy atom. The van der Waals surface area contributed by atoms with Gasteiger partial charge in [-0.2, -0.15) is 0 Å². The van der Waals surface area contributed by atoms with Crippen molar-refractivity contribution in [2.45, 2.75) is 6.92 Å². The maximum absolute atomic E-state index is 13.6. The molecule has 0 spiro atoms. The number of rotatable bonds is 13. The lowest BCUT2D eigenvalue weighted by atomic mass is 9.92. The maximum Gasteiger partial charge on any atom is 0.193 e. The topological polar surface area (TPSA) is 71.1 Å². The van der Waals surface area contributed by atoms with Gasteiger partial charge in [-0.15, -0.1) is 0 Å². The van der Waals surface area contributed by atoms with Gasteiger partial charge in [0.05, 0.1) is 7.11 Å². The van der Waals surface area contributed by atoms with Gasteiger partial charge >= 0.3 is 0 Å². The zero-order valence-electron chi connectivity index (χ0n) is 36.2. The van der Waals surface area contributed by atoms with Crippen LogP contribution < -0.4 is 18.9 Å². The lowest BCUT2D eigenvalue weighted by Gasteiger charge is -2.19. The number of ketones is 2. The van der Waals surface area contributed by atoms with Gasteiger partial charge in [-0.1, -0.05) is 115 Å². The van der Waals surface area contributed by atoms with Crippen LogP contribution in [0, 0.1) is 6.92 Å². The van der Waals surface area contributed by atoms with Gasteiger partial charge in [-0.3, -0.25) is 9.59 Å². The first-order valence-electron chi connectivity index (χ1n) is 21.6. The first kappa shape index (κ1) is 41.3. The average Bonchev–Trinajstić information content (AvgIpc) is 3.37. The van der Waals surface area contributed by atoms with E-state index < -0.39 is 0 Å². The summed E-state index contributed by atoms with van der Waals surface area (Å²) >= 11 is 0. The van der Waals surface area contributed by atoms with Crippen LogP contribution in [0.2, 0.25) is 0 Å². The van der Waals surface area contributed by atoms with Gasteiger partial charge in [-0.25, -0.2) is 0 Å². The number of ether oxygens (including phenoxy) is 4. The Labute approximate surface area is 382 Å². The van der Waals surface area contributed by atoms with Crippen molar-refractivity contribution >= 4 is 33.1 Å². The highest BCUT2D eigenvalue weighted by molar-refractivity contribution is 6.11. The van der Waals surface area contributed by atoms with Gasteiger partial charge in [-0.05, 0) is 149 Å². The lowest BCUT2D eigenvalue weighted by Crippen LogP contribution is -2.01. The first-order valence-corrected chi connectivity index (χ1v) is 21.6. The number of carbonyl (C=O) groups is 2. The fraction of sp³-hybridized carbons (Fsp3) is 0.0333. The fourth-order valence-electron chi connectivity index (χ4n) is 8.17. The first-order chi connectivity index (χ1) is 32.4. The second-order valence-corrected chi connectivity index (χ2v) is 16.0. The molecule has 0 aliphatic rings. The van der Waals surface area contributed by atoms with Crippen molar-refractivity contribution in [2.75, 3.05) is 7.11 Å². The quantitative estimate of drug-likeness (QED) is 0.108. The molecule has 0 radical (unpaired) electrons. The Morgan fingerprint density at radius 3 is 1.08 bits per heavy atom. The molecule has 66 heavy (non-hydrogen) atoms. The lowest BCUT2D eigenvalue weighted by molar-refractivity contribution is 0.103. The van der Waals surface area contributed by atoms with Crippen LogP contribution in [-0.4, -0.2) is 18.7 Å². The molecule has 10 aromatic carbocycles. The standard InChI is InChI=1S/C60H42O6/c1-39-11-13-44(14-12-39)59(61)45-19-31-50(32-20-45)64-48-27-15-40(16-28-48)41-17-29-49(30-18-41)65-51-33-21-46(22-34-51)60(62)47-23-35-52(36-24-47)66-56-38-26-43-8-4-6-10-54(43)58(56)57-53-9-5-3-7-42(53)25-37-55(57)63-2/h3-38H,1-2H3. The predicted molar refractivity (Wildman–Crippen MR) is 263 cm³/mol. The highest BCUT2D eigenvalue weighted by Crippen LogP contribution is 2.46. The second kappa shape index (κ2) is 18.2. The summed E-state index contributed by atoms with van der Waals surface area (Å²) in [4.78, 5) is 26.5. The molecule has 318 valence electrons. The minimum atomic E-state index is -0.107. The Hall–Kier alpha value is -8.74. The highest BCUT2D eigenvalue weighted by atomic mass is 16.5. The van der Waals surface area contributed by atoms with E-state index in [1.807, 2.05) is 140 Å². The van der Waals surface area contributed by atoms with Crippen LogP contribution >= 0.6 is 0 Å². The fourth-order valence-corrected chi connectivity index (χ4v) is 8.17. The summed E-state index contributed by atoms with van der Waals surface area (Å²) < 4.78 is 24.8. The number of aryl methyl sites for hydroxylation is 1. The molecule has 6 heteroatoms. The van der Waals surface area contributed by atoms with Crippen LogP contribution in [0.15, 0.2) is 218 Å². The van der Waals surface area contributed by atoms with Crippen molar-refractivity contribution in [3.05, 3.63) is 246 Å². The number of methoxy groups -OCH3 is 1. The monoisotopic (exact) mass is 858 g/mol. The van der Waals surface area contributed by atoms with Gasteiger partial charge in [0, 0.05) is 33.4 Å². The molecule has 0 saturated carbocycles. The predicted octanol–water partition coefficient (Wildman–Crippen LogP) is 15.5. The Kier molecular flexibility index (Phi) is 11.4. The summed E-state index contributed by atoms with van der Waals surface area (Å²) in [7, 11) is 1.69. The Balaban J connectivity index is 0.774. The Bertz CT molecular complexity index is 3360. The molecular formula is C60H42O6. The van der Waals surface area contributed by atoms with Gasteiger partial charge in [0.1, 0.15) is 40.2 Å². The van der Waals surface area contributed by atoms with E-state index in [1.165, 1.54) is 0 Å². The zero-order valence-corrected chi connectivity index (χ0v) is 36.2. The largest absolute Gasteiger partial charge is 0.496 e. The summed E-state index contributed by atoms with van der Waals surface area (Å²) in [6.07, 6.45) is 0. The van der Waals surface area contributed by atoms with Gasteiger partial charge in [0.2, 0.25) is 0 Å². The SMILES string of the molecule is COc1ccc2ccccc2c1-c1c(Oc2ccc(C(=O)c3ccc(Oc4ccc(-c5ccc(Oc6ccc(C(=O)c7ccc(C)cc7)cc6)cc5)cc4)cc3)cc2)ccc2ccccc12. The third-order valence-electron chi connectivity index (χ3n) is 11.7. The molecule has 0 atom stereocenters. The van der Waals surface area contributed by atoms with Crippen molar-refractivity contribution in [3.63, 3.8) is 0 Å². The van der Waals surface area contributed by atoms with E-state index >= 15 is 0 Å².